The van der Waals surface area contributed by atoms with Crippen LogP contribution in [0.1, 0.15) is 33.1 Å². The highest BCUT2D eigenvalue weighted by molar-refractivity contribution is 7.99. The van der Waals surface area contributed by atoms with Crippen molar-refractivity contribution in [1.82, 2.24) is 5.32 Å². The molecule has 1 atom stereocenters. The Bertz CT molecular complexity index is 182. The lowest BCUT2D eigenvalue weighted by atomic mass is 10.1. The number of aliphatic hydroxyl groups is 2. The van der Waals surface area contributed by atoms with Crippen LogP contribution in [0, 0.1) is 5.92 Å². The molecule has 1 unspecified atom stereocenters. The van der Waals surface area contributed by atoms with Gasteiger partial charge in [-0.25, -0.2) is 0 Å². The molecule has 0 aliphatic rings. The summed E-state index contributed by atoms with van der Waals surface area (Å²) < 4.78 is 5.43. The molecule has 19 heavy (non-hydrogen) atoms. The van der Waals surface area contributed by atoms with Crippen LogP contribution in [0.2, 0.25) is 0 Å². The molecule has 0 aliphatic carbocycles. The molecule has 5 heteroatoms. The first kappa shape index (κ1) is 19.2. The second-order valence-electron chi connectivity index (χ2n) is 5.16. The van der Waals surface area contributed by atoms with Gasteiger partial charge in [-0.2, -0.15) is 11.8 Å². The van der Waals surface area contributed by atoms with Crippen LogP contribution in [0.3, 0.4) is 0 Å². The summed E-state index contributed by atoms with van der Waals surface area (Å²) in [6.07, 6.45) is 2.69. The molecule has 0 spiro atoms. The van der Waals surface area contributed by atoms with Crippen molar-refractivity contribution in [3.8, 4) is 0 Å². The smallest absolute Gasteiger partial charge is 0.0897 e. The maximum atomic E-state index is 9.67. The first-order valence-corrected chi connectivity index (χ1v) is 8.47. The van der Waals surface area contributed by atoms with Crippen molar-refractivity contribution in [2.24, 2.45) is 5.92 Å². The lowest BCUT2D eigenvalue weighted by Crippen LogP contribution is -2.31. The molecule has 0 aromatic rings. The number of nitrogens with one attached hydrogen (secondary N) is 1. The Morgan fingerprint density at radius 3 is 2.68 bits per heavy atom. The van der Waals surface area contributed by atoms with E-state index >= 15 is 0 Å². The molecule has 0 aliphatic heterocycles. The molecular weight excluding hydrogens is 262 g/mol. The summed E-state index contributed by atoms with van der Waals surface area (Å²) in [7, 11) is 0. The van der Waals surface area contributed by atoms with Crippen molar-refractivity contribution < 1.29 is 14.9 Å². The molecule has 0 amide bonds. The summed E-state index contributed by atoms with van der Waals surface area (Å²) in [5.74, 6) is 2.74. The van der Waals surface area contributed by atoms with Gasteiger partial charge in [0.1, 0.15) is 0 Å². The van der Waals surface area contributed by atoms with Gasteiger partial charge >= 0.3 is 0 Å². The van der Waals surface area contributed by atoms with Gasteiger partial charge in [0.05, 0.1) is 12.7 Å². The molecule has 0 fully saturated rings. The number of rotatable bonds is 14. The van der Waals surface area contributed by atoms with Crippen molar-refractivity contribution in [1.29, 1.82) is 0 Å². The summed E-state index contributed by atoms with van der Waals surface area (Å²) in [5, 5.41) is 21.5. The average molecular weight is 293 g/mol. The number of hydrogen-bond donors (Lipinski definition) is 3. The third kappa shape index (κ3) is 16.1. The van der Waals surface area contributed by atoms with Gasteiger partial charge in [0.2, 0.25) is 0 Å². The van der Waals surface area contributed by atoms with Crippen LogP contribution in [0.4, 0.5) is 0 Å². The molecule has 0 rings (SSSR count). The quantitative estimate of drug-likeness (QED) is 0.424. The van der Waals surface area contributed by atoms with Crippen LogP contribution < -0.4 is 5.32 Å². The van der Waals surface area contributed by atoms with E-state index in [1.807, 2.05) is 11.8 Å². The van der Waals surface area contributed by atoms with Crippen LogP contribution in [-0.2, 0) is 4.74 Å². The molecular formula is C14H31NO3S. The Hall–Kier alpha value is 0.190. The van der Waals surface area contributed by atoms with Crippen LogP contribution >= 0.6 is 11.8 Å². The minimum atomic E-state index is -0.415. The minimum Gasteiger partial charge on any atom is -0.396 e. The first-order chi connectivity index (χ1) is 9.16. The summed E-state index contributed by atoms with van der Waals surface area (Å²) in [4.78, 5) is 0. The summed E-state index contributed by atoms with van der Waals surface area (Å²) >= 11 is 1.82. The number of thioether (sulfide) groups is 1. The van der Waals surface area contributed by atoms with E-state index in [1.165, 1.54) is 6.42 Å². The number of hydrogen-bond acceptors (Lipinski definition) is 5. The average Bonchev–Trinajstić information content (AvgIpc) is 2.37. The van der Waals surface area contributed by atoms with Gasteiger partial charge in [0.25, 0.3) is 0 Å². The fraction of sp³-hybridized carbons (Fsp3) is 1.00. The third-order valence-corrected chi connectivity index (χ3v) is 3.70. The van der Waals surface area contributed by atoms with Gasteiger partial charge in [-0.1, -0.05) is 13.8 Å². The molecule has 0 aromatic carbocycles. The Morgan fingerprint density at radius 2 is 2.00 bits per heavy atom. The van der Waals surface area contributed by atoms with Crippen LogP contribution in [0.15, 0.2) is 0 Å². The first-order valence-electron chi connectivity index (χ1n) is 7.32. The summed E-state index contributed by atoms with van der Waals surface area (Å²) in [5.41, 5.74) is 0. The minimum absolute atomic E-state index is 0.271. The highest BCUT2D eigenvalue weighted by Gasteiger charge is 2.03. The SMILES string of the molecule is CC(C)CCCOCC(O)CNCCSCCCO. The topological polar surface area (TPSA) is 61.7 Å². The summed E-state index contributed by atoms with van der Waals surface area (Å²) in [6.45, 7) is 7.32. The van der Waals surface area contributed by atoms with Crippen LogP contribution in [0.25, 0.3) is 0 Å². The van der Waals surface area contributed by atoms with Gasteiger partial charge < -0.3 is 20.3 Å². The van der Waals surface area contributed by atoms with Crippen LogP contribution in [-0.4, -0.2) is 60.7 Å². The molecule has 0 saturated carbocycles. The monoisotopic (exact) mass is 293 g/mol. The number of ether oxygens (including phenoxy) is 1. The van der Waals surface area contributed by atoms with Crippen LogP contribution in [0.5, 0.6) is 0 Å². The molecule has 0 saturated heterocycles. The normalized spacial score (nSPS) is 13.1. The lowest BCUT2D eigenvalue weighted by molar-refractivity contribution is 0.0351. The Kier molecular flexibility index (Phi) is 14.7. The predicted octanol–water partition coefficient (Wildman–Crippen LogP) is 1.51. The van der Waals surface area contributed by atoms with Crippen molar-refractivity contribution in [3.05, 3.63) is 0 Å². The lowest BCUT2D eigenvalue weighted by Gasteiger charge is -2.12. The van der Waals surface area contributed by atoms with Gasteiger partial charge in [0, 0.05) is 32.1 Å². The standard InChI is InChI=1S/C14H31NO3S/c1-13(2)5-3-8-18-12-14(17)11-15-6-10-19-9-4-7-16/h13-17H,3-12H2,1-2H3. The maximum absolute atomic E-state index is 9.67. The van der Waals surface area contributed by atoms with Crippen molar-refractivity contribution in [3.63, 3.8) is 0 Å². The van der Waals surface area contributed by atoms with E-state index in [0.717, 1.165) is 43.4 Å². The van der Waals surface area contributed by atoms with E-state index in [0.29, 0.717) is 13.2 Å². The third-order valence-electron chi connectivity index (χ3n) is 2.63. The van der Waals surface area contributed by atoms with Gasteiger partial charge in [0.15, 0.2) is 0 Å². The fourth-order valence-electron chi connectivity index (χ4n) is 1.55. The molecule has 4 nitrogen and oxygen atoms in total. The fourth-order valence-corrected chi connectivity index (χ4v) is 2.38. The van der Waals surface area contributed by atoms with Gasteiger partial charge in [-0.15, -0.1) is 0 Å². The van der Waals surface area contributed by atoms with E-state index in [2.05, 4.69) is 19.2 Å². The van der Waals surface area contributed by atoms with Crippen molar-refractivity contribution in [2.45, 2.75) is 39.2 Å². The second kappa shape index (κ2) is 14.6. The molecule has 3 N–H and O–H groups in total. The summed E-state index contributed by atoms with van der Waals surface area (Å²) in [6, 6.07) is 0. The van der Waals surface area contributed by atoms with Crippen molar-refractivity contribution >= 4 is 11.8 Å². The zero-order valence-corrected chi connectivity index (χ0v) is 13.3. The zero-order valence-electron chi connectivity index (χ0n) is 12.4. The molecule has 0 aromatic heterocycles. The van der Waals surface area contributed by atoms with E-state index in [9.17, 15) is 5.11 Å². The van der Waals surface area contributed by atoms with E-state index < -0.39 is 6.10 Å². The molecule has 0 radical (unpaired) electrons. The van der Waals surface area contributed by atoms with E-state index in [4.69, 9.17) is 9.84 Å². The van der Waals surface area contributed by atoms with Gasteiger partial charge in [-0.05, 0) is 30.9 Å². The Morgan fingerprint density at radius 1 is 1.21 bits per heavy atom. The highest BCUT2D eigenvalue weighted by Crippen LogP contribution is 2.03. The highest BCUT2D eigenvalue weighted by atomic mass is 32.2. The number of aliphatic hydroxyl groups excluding tert-OH is 2. The Balaban J connectivity index is 3.14. The molecule has 0 heterocycles. The van der Waals surface area contributed by atoms with Gasteiger partial charge in [-0.3, -0.25) is 0 Å². The maximum Gasteiger partial charge on any atom is 0.0897 e. The zero-order chi connectivity index (χ0) is 14.3. The predicted molar refractivity (Wildman–Crippen MR) is 82.8 cm³/mol. The largest absolute Gasteiger partial charge is 0.396 e. The Labute approximate surface area is 122 Å². The second-order valence-corrected chi connectivity index (χ2v) is 6.38. The molecule has 116 valence electrons. The van der Waals surface area contributed by atoms with E-state index in [1.54, 1.807) is 0 Å². The molecule has 0 bridgehead atoms. The van der Waals surface area contributed by atoms with E-state index in [-0.39, 0.29) is 6.61 Å². The van der Waals surface area contributed by atoms with Crippen molar-refractivity contribution in [2.75, 3.05) is 44.4 Å².